The molecule has 0 saturated heterocycles. The highest BCUT2D eigenvalue weighted by atomic mass is 19.1. The van der Waals surface area contributed by atoms with Crippen molar-refractivity contribution in [3.05, 3.63) is 35.8 Å². The van der Waals surface area contributed by atoms with Crippen LogP contribution in [0.15, 0.2) is 24.4 Å². The number of H-pyrrole nitrogens is 1. The van der Waals surface area contributed by atoms with Crippen LogP contribution >= 0.6 is 0 Å². The van der Waals surface area contributed by atoms with Crippen molar-refractivity contribution >= 4 is 16.8 Å². The number of nitrogens with one attached hydrogen (secondary N) is 1. The van der Waals surface area contributed by atoms with Gasteiger partial charge in [-0.25, -0.2) is 4.39 Å². The van der Waals surface area contributed by atoms with Crippen molar-refractivity contribution in [1.82, 2.24) is 9.88 Å². The number of hydrogen-bond donors (Lipinski definition) is 1. The molecule has 0 spiro atoms. The molecule has 1 fully saturated rings. The van der Waals surface area contributed by atoms with E-state index in [1.807, 2.05) is 11.1 Å². The molecule has 0 atom stereocenters. The lowest BCUT2D eigenvalue weighted by Gasteiger charge is -2.26. The van der Waals surface area contributed by atoms with Crippen molar-refractivity contribution in [3.63, 3.8) is 0 Å². The number of carbonyl (C=O) groups is 1. The summed E-state index contributed by atoms with van der Waals surface area (Å²) < 4.78 is 13.4. The number of aromatic nitrogens is 1. The first-order valence-corrected chi connectivity index (χ1v) is 8.19. The molecule has 0 radical (unpaired) electrons. The fourth-order valence-electron chi connectivity index (χ4n) is 3.38. The van der Waals surface area contributed by atoms with Crippen molar-refractivity contribution in [2.75, 3.05) is 13.1 Å². The third kappa shape index (κ3) is 2.40. The Balaban J connectivity index is 1.96. The van der Waals surface area contributed by atoms with E-state index >= 15 is 0 Å². The first kappa shape index (κ1) is 15.1. The molecule has 3 rings (SSSR count). The number of rotatable bonds is 6. The topological polar surface area (TPSA) is 36.1 Å². The average molecular weight is 302 g/mol. The van der Waals surface area contributed by atoms with Gasteiger partial charge in [-0.3, -0.25) is 4.79 Å². The summed E-state index contributed by atoms with van der Waals surface area (Å²) >= 11 is 0. The number of nitrogens with zero attached hydrogens (tertiary/aromatic N) is 1. The molecule has 0 unspecified atom stereocenters. The van der Waals surface area contributed by atoms with Crippen LogP contribution in [0.25, 0.3) is 10.9 Å². The number of hydrogen-bond acceptors (Lipinski definition) is 1. The zero-order valence-corrected chi connectivity index (χ0v) is 13.3. The molecule has 3 nitrogen and oxygen atoms in total. The van der Waals surface area contributed by atoms with Gasteiger partial charge >= 0.3 is 0 Å². The van der Waals surface area contributed by atoms with E-state index in [9.17, 15) is 9.18 Å². The molecular weight excluding hydrogens is 279 g/mol. The van der Waals surface area contributed by atoms with E-state index in [-0.39, 0.29) is 17.1 Å². The Bertz CT molecular complexity index is 681. The van der Waals surface area contributed by atoms with E-state index in [1.54, 1.807) is 6.07 Å². The van der Waals surface area contributed by atoms with Gasteiger partial charge in [-0.05, 0) is 49.4 Å². The quantitative estimate of drug-likeness (QED) is 0.860. The van der Waals surface area contributed by atoms with Gasteiger partial charge in [0.1, 0.15) is 5.82 Å². The van der Waals surface area contributed by atoms with Crippen LogP contribution in [0.2, 0.25) is 0 Å². The van der Waals surface area contributed by atoms with Crippen molar-refractivity contribution in [2.45, 2.75) is 44.9 Å². The van der Waals surface area contributed by atoms with Crippen LogP contribution in [0.5, 0.6) is 0 Å². The lowest BCUT2D eigenvalue weighted by molar-refractivity contribution is -0.134. The second kappa shape index (κ2) is 5.75. The molecular formula is C18H23FN2O. The van der Waals surface area contributed by atoms with Crippen LogP contribution in [0, 0.1) is 5.82 Å². The van der Waals surface area contributed by atoms with E-state index in [0.717, 1.165) is 55.2 Å². The third-order valence-corrected chi connectivity index (χ3v) is 4.59. The largest absolute Gasteiger partial charge is 0.361 e. The molecule has 1 N–H and O–H groups in total. The van der Waals surface area contributed by atoms with Crippen LogP contribution in [-0.4, -0.2) is 28.9 Å². The van der Waals surface area contributed by atoms with Crippen LogP contribution in [0.3, 0.4) is 0 Å². The Hall–Kier alpha value is -1.84. The summed E-state index contributed by atoms with van der Waals surface area (Å²) in [5.74, 6) is -0.0166. The summed E-state index contributed by atoms with van der Waals surface area (Å²) in [7, 11) is 0. The maximum absolute atomic E-state index is 13.4. The highest BCUT2D eigenvalue weighted by molar-refractivity contribution is 5.97. The Morgan fingerprint density at radius 2 is 1.95 bits per heavy atom. The summed E-state index contributed by atoms with van der Waals surface area (Å²) in [6.45, 7) is 5.82. The van der Waals surface area contributed by atoms with Gasteiger partial charge in [0.25, 0.3) is 0 Å². The van der Waals surface area contributed by atoms with Crippen molar-refractivity contribution in [2.24, 2.45) is 0 Å². The normalized spacial score (nSPS) is 16.0. The van der Waals surface area contributed by atoms with Gasteiger partial charge in [0, 0.05) is 30.2 Å². The molecule has 1 aromatic carbocycles. The van der Waals surface area contributed by atoms with Gasteiger partial charge in [0.05, 0.1) is 5.41 Å². The number of aromatic amines is 1. The second-order valence-corrected chi connectivity index (χ2v) is 6.27. The molecule has 1 amide bonds. The predicted octanol–water partition coefficient (Wildman–Crippen LogP) is 3.99. The Kier molecular flexibility index (Phi) is 3.94. The second-order valence-electron chi connectivity index (χ2n) is 6.27. The van der Waals surface area contributed by atoms with Crippen LogP contribution in [0.1, 0.15) is 45.1 Å². The molecule has 0 aliphatic heterocycles. The van der Waals surface area contributed by atoms with Crippen LogP contribution < -0.4 is 0 Å². The van der Waals surface area contributed by atoms with E-state index in [1.165, 1.54) is 12.1 Å². The fourth-order valence-corrected chi connectivity index (χ4v) is 3.38. The Labute approximate surface area is 130 Å². The van der Waals surface area contributed by atoms with Gasteiger partial charge in [0.2, 0.25) is 5.91 Å². The van der Waals surface area contributed by atoms with Crippen LogP contribution in [0.4, 0.5) is 4.39 Å². The molecule has 1 heterocycles. The van der Waals surface area contributed by atoms with Crippen molar-refractivity contribution in [3.8, 4) is 0 Å². The van der Waals surface area contributed by atoms with Gasteiger partial charge in [-0.1, -0.05) is 13.8 Å². The smallest absolute Gasteiger partial charge is 0.233 e. The summed E-state index contributed by atoms with van der Waals surface area (Å²) in [6, 6.07) is 4.75. The van der Waals surface area contributed by atoms with E-state index in [0.29, 0.717) is 0 Å². The number of benzene rings is 1. The van der Waals surface area contributed by atoms with E-state index in [4.69, 9.17) is 0 Å². The van der Waals surface area contributed by atoms with E-state index in [2.05, 4.69) is 18.8 Å². The molecule has 0 bridgehead atoms. The van der Waals surface area contributed by atoms with Gasteiger partial charge in [-0.15, -0.1) is 0 Å². The Morgan fingerprint density at radius 1 is 1.27 bits per heavy atom. The lowest BCUT2D eigenvalue weighted by atomic mass is 9.93. The summed E-state index contributed by atoms with van der Waals surface area (Å²) in [4.78, 5) is 18.2. The molecule has 1 aliphatic carbocycles. The number of carbonyl (C=O) groups excluding carboxylic acids is 1. The van der Waals surface area contributed by atoms with E-state index < -0.39 is 0 Å². The first-order valence-electron chi connectivity index (χ1n) is 8.19. The zero-order chi connectivity index (χ0) is 15.7. The Morgan fingerprint density at radius 3 is 2.55 bits per heavy atom. The maximum Gasteiger partial charge on any atom is 0.233 e. The fraction of sp³-hybridized carbons (Fsp3) is 0.500. The lowest BCUT2D eigenvalue weighted by Crippen LogP contribution is -2.40. The summed E-state index contributed by atoms with van der Waals surface area (Å²) in [5, 5.41) is 0.972. The first-order chi connectivity index (χ1) is 10.6. The SMILES string of the molecule is CCCN(CCC)C(=O)C1(c2c[nH]c3cc(F)ccc23)CC1. The van der Waals surface area contributed by atoms with Crippen molar-refractivity contribution < 1.29 is 9.18 Å². The van der Waals surface area contributed by atoms with Crippen LogP contribution in [-0.2, 0) is 10.2 Å². The third-order valence-electron chi connectivity index (χ3n) is 4.59. The number of amides is 1. The highest BCUT2D eigenvalue weighted by Crippen LogP contribution is 2.51. The molecule has 4 heteroatoms. The minimum absolute atomic E-state index is 0.237. The number of halogens is 1. The van der Waals surface area contributed by atoms with Gasteiger partial charge in [0.15, 0.2) is 0 Å². The monoisotopic (exact) mass is 302 g/mol. The van der Waals surface area contributed by atoms with Crippen molar-refractivity contribution in [1.29, 1.82) is 0 Å². The van der Waals surface area contributed by atoms with Gasteiger partial charge < -0.3 is 9.88 Å². The molecule has 118 valence electrons. The molecule has 1 aliphatic rings. The summed E-state index contributed by atoms with van der Waals surface area (Å²) in [5.41, 5.74) is 1.41. The number of fused-ring (bicyclic) bond motifs is 1. The standard InChI is InChI=1S/C18H23FN2O/c1-3-9-21(10-4-2)17(22)18(7-8-18)15-12-20-16-11-13(19)5-6-14(15)16/h5-6,11-12,20H,3-4,7-10H2,1-2H3. The zero-order valence-electron chi connectivity index (χ0n) is 13.3. The molecule has 1 aromatic heterocycles. The predicted molar refractivity (Wildman–Crippen MR) is 86.3 cm³/mol. The average Bonchev–Trinajstić information content (AvgIpc) is 3.20. The minimum Gasteiger partial charge on any atom is -0.361 e. The molecule has 1 saturated carbocycles. The van der Waals surface area contributed by atoms with Gasteiger partial charge in [-0.2, -0.15) is 0 Å². The molecule has 2 aromatic rings. The maximum atomic E-state index is 13.4. The molecule has 22 heavy (non-hydrogen) atoms. The minimum atomic E-state index is -0.388. The summed E-state index contributed by atoms with van der Waals surface area (Å²) in [6.07, 6.45) is 5.62. The highest BCUT2D eigenvalue weighted by Gasteiger charge is 2.53.